The molecule has 736 valence electrons. The van der Waals surface area contributed by atoms with Crippen molar-refractivity contribution in [1.82, 2.24) is 56.0 Å². The van der Waals surface area contributed by atoms with E-state index in [2.05, 4.69) is 82.8 Å². The smallest absolute Gasteiger partial charge is 0.411 e. The van der Waals surface area contributed by atoms with Crippen molar-refractivity contribution in [3.05, 3.63) is 58.7 Å². The number of amides is 6. The molecule has 29 heteroatoms. The van der Waals surface area contributed by atoms with Gasteiger partial charge in [-0.2, -0.15) is 0 Å². The van der Waals surface area contributed by atoms with Crippen LogP contribution in [0.15, 0.2) is 36.4 Å². The summed E-state index contributed by atoms with van der Waals surface area (Å²) in [6, 6.07) is 9.10. The molecule has 8 aliphatic rings. The molecule has 29 nitrogen and oxygen atoms in total. The highest BCUT2D eigenvalue weighted by Gasteiger charge is 2.40. The second kappa shape index (κ2) is 61.6. The van der Waals surface area contributed by atoms with Crippen LogP contribution in [0.3, 0.4) is 0 Å². The average molecular weight is 1790 g/mol. The fourth-order valence-corrected chi connectivity index (χ4v) is 15.8. The first-order valence-corrected chi connectivity index (χ1v) is 44.8. The molecule has 6 fully saturated rings. The molecule has 2 aromatic carbocycles. The number of nitrogens with one attached hydrogen (secondary N) is 5. The summed E-state index contributed by atoms with van der Waals surface area (Å²) in [5, 5.41) is 35.3. The Morgan fingerprint density at radius 3 is 1.17 bits per heavy atom. The molecular weight excluding hydrogens is 1600 g/mol. The van der Waals surface area contributed by atoms with Gasteiger partial charge in [0.05, 0.1) is 55.3 Å². The maximum atomic E-state index is 13.6. The second-order valence-corrected chi connectivity index (χ2v) is 37.5. The lowest BCUT2D eigenvalue weighted by atomic mass is 9.92. The fourth-order valence-electron chi connectivity index (χ4n) is 15.8. The molecule has 0 saturated carbocycles. The summed E-state index contributed by atoms with van der Waals surface area (Å²) in [7, 11) is 10.6. The lowest BCUT2D eigenvalue weighted by Crippen LogP contribution is -2.57. The lowest BCUT2D eigenvalue weighted by Gasteiger charge is -2.39. The first-order chi connectivity index (χ1) is 56.7. The number of hydrogen-bond acceptors (Lipinski definition) is 23. The highest BCUT2D eigenvalue weighted by atomic mass is 16.6. The molecule has 0 unspecified atom stereocenters. The standard InChI is InChI=1S/C26H41N3O5.C21H33N3O3.C16H30N2O4.C11H22N2O2.C11H24N2O.C6H13NO.6CH4/c1-17(2)22(16-28-11-9-21(33-6)10-12-28)27-24(31)23-14-18-7-8-20(30)13-19(18)15-29(23)25(32)34-26(3,4)5;1-14(2)20(13-24-8-6-18(27-3)7-9-24)23-21(26)19-11-15-4-5-17(25)10-16(15)12-22-19;1-11(2)13(17-15(20)22-16(3,4)5)14(19)18-9-7-12(21-6)8-10-18;1-8(2)10(12)11(14)13-6-4-9(15-3)5-7-13;1-9(2)11(12)8-13-6-4-10(14-3)5-7-13;1-8-6-2-4-7-5-3-6;;;;;;/h7-8,13,17,21-23,30H,9-12,14-16H2,1-6H3,(H,27,31);4-5,10,14,18-20,22,25H,6-9,11-13H2,1-3H3,(H,23,26);11-13H,7-10H2,1-6H3,(H,17,20);8-10H,4-7,12H2,1-3H3;9-11H,4-8,12H2,1-3H3;6-7H,2-5H2,1H3;6*1H4/t22-,23-;19-,20-;13-;10-;11-;;;;;;;/m11001......./s1. The molecular formula is C97H187N13O16. The number of carbonyl (C=O) groups is 6. The zero-order valence-corrected chi connectivity index (χ0v) is 77.7. The molecule has 11 N–H and O–H groups in total. The summed E-state index contributed by atoms with van der Waals surface area (Å²) >= 11 is 0. The van der Waals surface area contributed by atoms with E-state index in [0.717, 1.165) is 172 Å². The Hall–Kier alpha value is -6.06. The molecule has 0 radical (unpaired) electrons. The fraction of sp³-hybridized carbons (Fsp3) is 0.814. The minimum Gasteiger partial charge on any atom is -0.508 e. The molecule has 0 aromatic heterocycles. The zero-order valence-electron chi connectivity index (χ0n) is 77.7. The van der Waals surface area contributed by atoms with Gasteiger partial charge in [-0.15, -0.1) is 0 Å². The Kier molecular flexibility index (Phi) is 59.6. The predicted molar refractivity (Wildman–Crippen MR) is 513 cm³/mol. The highest BCUT2D eigenvalue weighted by molar-refractivity contribution is 5.88. The van der Waals surface area contributed by atoms with Crippen LogP contribution in [0.1, 0.15) is 255 Å². The van der Waals surface area contributed by atoms with E-state index in [1.165, 1.54) is 17.7 Å². The molecule has 2 aromatic rings. The number of aromatic hydroxyl groups is 2. The number of carbonyl (C=O) groups excluding carboxylic acids is 6. The van der Waals surface area contributed by atoms with Gasteiger partial charge in [-0.05, 0) is 214 Å². The molecule has 0 aliphatic carbocycles. The van der Waals surface area contributed by atoms with Crippen molar-refractivity contribution >= 4 is 35.8 Å². The van der Waals surface area contributed by atoms with Gasteiger partial charge >= 0.3 is 12.2 Å². The van der Waals surface area contributed by atoms with E-state index in [1.54, 1.807) is 92.6 Å². The van der Waals surface area contributed by atoms with Crippen molar-refractivity contribution in [2.75, 3.05) is 141 Å². The summed E-state index contributed by atoms with van der Waals surface area (Å²) in [6.07, 6.45) is 14.5. The van der Waals surface area contributed by atoms with E-state index in [1.807, 2.05) is 65.5 Å². The largest absolute Gasteiger partial charge is 0.508 e. The number of phenols is 2. The molecule has 6 amide bonds. The van der Waals surface area contributed by atoms with E-state index in [0.29, 0.717) is 80.9 Å². The number of likely N-dealkylation sites (tertiary alicyclic amines) is 5. The van der Waals surface area contributed by atoms with Crippen LogP contribution in [0.5, 0.6) is 11.5 Å². The summed E-state index contributed by atoms with van der Waals surface area (Å²) in [4.78, 5) is 88.4. The first-order valence-electron chi connectivity index (χ1n) is 44.8. The van der Waals surface area contributed by atoms with Crippen LogP contribution < -0.4 is 38.1 Å². The summed E-state index contributed by atoms with van der Waals surface area (Å²) in [6.45, 7) is 46.4. The number of hydrogen-bond donors (Lipinski definition) is 9. The Bertz CT molecular complexity index is 3300. The number of ether oxygens (including phenoxy) is 8. The summed E-state index contributed by atoms with van der Waals surface area (Å²) in [5.41, 5.74) is 14.6. The number of rotatable bonds is 24. The Morgan fingerprint density at radius 2 is 0.802 bits per heavy atom. The number of piperidine rings is 6. The normalized spacial score (nSPS) is 20.1. The molecule has 0 bridgehead atoms. The maximum Gasteiger partial charge on any atom is 0.411 e. The summed E-state index contributed by atoms with van der Waals surface area (Å²) < 4.78 is 42.9. The molecule has 0 spiro atoms. The zero-order chi connectivity index (χ0) is 89.1. The Balaban J connectivity index is 0. The van der Waals surface area contributed by atoms with Gasteiger partial charge in [0, 0.05) is 159 Å². The number of alkyl carbamates (subject to hydrolysis) is 1. The van der Waals surface area contributed by atoms with Crippen LogP contribution in [0, 0.1) is 29.6 Å². The highest BCUT2D eigenvalue weighted by Crippen LogP contribution is 2.30. The minimum atomic E-state index is -0.675. The predicted octanol–water partition coefficient (Wildman–Crippen LogP) is 13.0. The summed E-state index contributed by atoms with van der Waals surface area (Å²) in [5.74, 6) is 1.75. The lowest BCUT2D eigenvalue weighted by molar-refractivity contribution is -0.137. The van der Waals surface area contributed by atoms with Crippen LogP contribution in [-0.4, -0.2) is 306 Å². The topological polar surface area (TPSA) is 348 Å². The van der Waals surface area contributed by atoms with Crippen LogP contribution in [-0.2, 0) is 83.0 Å². The van der Waals surface area contributed by atoms with Crippen molar-refractivity contribution in [2.45, 2.75) is 348 Å². The molecule has 8 aliphatic heterocycles. The van der Waals surface area contributed by atoms with Gasteiger partial charge in [-0.3, -0.25) is 24.1 Å². The Morgan fingerprint density at radius 1 is 0.437 bits per heavy atom. The monoisotopic (exact) mass is 1790 g/mol. The molecule has 7 atom stereocenters. The third kappa shape index (κ3) is 43.3. The van der Waals surface area contributed by atoms with Gasteiger partial charge in [0.25, 0.3) is 0 Å². The van der Waals surface area contributed by atoms with Gasteiger partial charge in [-0.1, -0.05) is 126 Å². The van der Waals surface area contributed by atoms with Crippen LogP contribution >= 0.6 is 0 Å². The van der Waals surface area contributed by atoms with Gasteiger partial charge < -0.3 is 111 Å². The van der Waals surface area contributed by atoms with Crippen molar-refractivity contribution < 1.29 is 76.9 Å². The number of fused-ring (bicyclic) bond motifs is 2. The first kappa shape index (κ1) is 122. The van der Waals surface area contributed by atoms with Gasteiger partial charge in [0.2, 0.25) is 23.6 Å². The number of methoxy groups -OCH3 is 6. The van der Waals surface area contributed by atoms with E-state index >= 15 is 0 Å². The number of nitrogens with zero attached hydrogens (tertiary/aromatic N) is 6. The maximum absolute atomic E-state index is 13.6. The van der Waals surface area contributed by atoms with Crippen LogP contribution in [0.25, 0.3) is 0 Å². The van der Waals surface area contributed by atoms with Crippen LogP contribution in [0.4, 0.5) is 9.59 Å². The number of phenolic OH excluding ortho intramolecular Hbond substituents is 2. The number of nitrogens with two attached hydrogens (primary N) is 2. The minimum absolute atomic E-state index is 0. The van der Waals surface area contributed by atoms with E-state index in [-0.39, 0.29) is 134 Å². The van der Waals surface area contributed by atoms with Crippen molar-refractivity contribution in [2.24, 2.45) is 41.1 Å². The van der Waals surface area contributed by atoms with Gasteiger partial charge in [0.1, 0.15) is 34.8 Å². The molecule has 126 heavy (non-hydrogen) atoms. The van der Waals surface area contributed by atoms with Crippen molar-refractivity contribution in [3.8, 4) is 11.5 Å². The van der Waals surface area contributed by atoms with E-state index < -0.39 is 35.5 Å². The Labute approximate surface area is 765 Å². The van der Waals surface area contributed by atoms with E-state index in [9.17, 15) is 39.0 Å². The van der Waals surface area contributed by atoms with Gasteiger partial charge in [0.15, 0.2) is 0 Å². The molecule has 10 rings (SSSR count). The van der Waals surface area contributed by atoms with Crippen molar-refractivity contribution in [3.63, 3.8) is 0 Å². The SMILES string of the molecule is C.C.C.C.C.C.COC1CCN(C(=O)[C@@H](N)C(C)C)CC1.COC1CCN(C(=O)[C@@H](NC(=O)OC(C)(C)C)C(C)C)CC1.COC1CCN(C[C@@H](N)C(C)C)CC1.COC1CCN(C[C@@H](NC(=O)[C@H]2Cc3ccc(O)cc3CN2)C(C)C)CC1.COC1CCN(C[C@@H](NC(=O)[C@H]2Cc3ccc(O)cc3CN2C(=O)OC(C)(C)C)C(C)C)CC1.COC1CCNCC1. The van der Waals surface area contributed by atoms with Gasteiger partial charge in [-0.25, -0.2) is 9.59 Å². The average Bonchev–Trinajstić information content (AvgIpc) is 0.784. The third-order valence-corrected chi connectivity index (χ3v) is 24.2. The second-order valence-electron chi connectivity index (χ2n) is 37.5. The molecule has 6 saturated heterocycles. The van der Waals surface area contributed by atoms with Crippen LogP contribution in [0.2, 0.25) is 0 Å². The van der Waals surface area contributed by atoms with Crippen molar-refractivity contribution in [1.29, 1.82) is 0 Å². The number of benzene rings is 2. The quantitative estimate of drug-likeness (QED) is 0.0471. The third-order valence-electron chi connectivity index (χ3n) is 24.2. The molecule has 8 heterocycles. The van der Waals surface area contributed by atoms with E-state index in [4.69, 9.17) is 49.4 Å².